The molecular formula is C17H21ClN2S. The zero-order chi connectivity index (χ0) is 13.8. The molecule has 0 radical (unpaired) electrons. The van der Waals surface area contributed by atoms with Gasteiger partial charge in [-0.3, -0.25) is 0 Å². The molecule has 0 saturated carbocycles. The fourth-order valence-electron chi connectivity index (χ4n) is 2.62. The van der Waals surface area contributed by atoms with Crippen molar-refractivity contribution in [2.24, 2.45) is 0 Å². The Kier molecular flexibility index (Phi) is 5.85. The molecular weight excluding hydrogens is 300 g/mol. The van der Waals surface area contributed by atoms with Crippen molar-refractivity contribution in [2.75, 3.05) is 0 Å². The molecule has 3 rings (SSSR count). The van der Waals surface area contributed by atoms with Crippen LogP contribution in [-0.2, 0) is 19.6 Å². The van der Waals surface area contributed by atoms with Crippen LogP contribution in [0.4, 0.5) is 0 Å². The molecule has 0 bridgehead atoms. The van der Waals surface area contributed by atoms with Crippen molar-refractivity contribution in [3.8, 4) is 0 Å². The summed E-state index contributed by atoms with van der Waals surface area (Å²) in [6.45, 7) is 5.19. The van der Waals surface area contributed by atoms with Gasteiger partial charge in [0.1, 0.15) is 0 Å². The molecule has 0 aliphatic carbocycles. The van der Waals surface area contributed by atoms with Crippen molar-refractivity contribution in [1.82, 2.24) is 9.88 Å². The molecule has 0 unspecified atom stereocenters. The highest BCUT2D eigenvalue weighted by Crippen LogP contribution is 2.21. The lowest BCUT2D eigenvalue weighted by Gasteiger charge is -2.01. The third-order valence-electron chi connectivity index (χ3n) is 3.53. The highest BCUT2D eigenvalue weighted by molar-refractivity contribution is 7.09. The number of aryl methyl sites for hydroxylation is 1. The van der Waals surface area contributed by atoms with Crippen LogP contribution in [0.3, 0.4) is 0 Å². The van der Waals surface area contributed by atoms with E-state index in [2.05, 4.69) is 64.8 Å². The molecule has 0 atom stereocenters. The Morgan fingerprint density at radius 1 is 1.10 bits per heavy atom. The van der Waals surface area contributed by atoms with Gasteiger partial charge in [-0.2, -0.15) is 0 Å². The number of fused-ring (bicyclic) bond motifs is 1. The average Bonchev–Trinajstić information content (AvgIpc) is 3.09. The first-order valence-corrected chi connectivity index (χ1v) is 8.06. The van der Waals surface area contributed by atoms with Gasteiger partial charge in [0.25, 0.3) is 0 Å². The number of nitrogens with zero attached hydrogens (tertiary/aromatic N) is 1. The second-order valence-electron chi connectivity index (χ2n) is 5.05. The molecule has 0 spiro atoms. The lowest BCUT2D eigenvalue weighted by Crippen LogP contribution is -2.11. The molecule has 0 saturated heterocycles. The molecule has 21 heavy (non-hydrogen) atoms. The van der Waals surface area contributed by atoms with Gasteiger partial charge in [-0.25, -0.2) is 0 Å². The van der Waals surface area contributed by atoms with Crippen LogP contribution >= 0.6 is 23.7 Å². The smallest absolute Gasteiger partial charge is 0.0483 e. The van der Waals surface area contributed by atoms with E-state index in [-0.39, 0.29) is 12.4 Å². The molecule has 2 nitrogen and oxygen atoms in total. The van der Waals surface area contributed by atoms with Crippen molar-refractivity contribution >= 4 is 34.6 Å². The van der Waals surface area contributed by atoms with Crippen LogP contribution in [0.15, 0.2) is 48.0 Å². The van der Waals surface area contributed by atoms with Crippen LogP contribution in [0.2, 0.25) is 0 Å². The number of aromatic nitrogens is 1. The predicted octanol–water partition coefficient (Wildman–Crippen LogP) is 4.82. The molecule has 0 amide bonds. The Morgan fingerprint density at radius 2 is 1.95 bits per heavy atom. The van der Waals surface area contributed by atoms with Gasteiger partial charge in [-0.1, -0.05) is 31.2 Å². The van der Waals surface area contributed by atoms with Crippen LogP contribution in [0.1, 0.15) is 23.8 Å². The molecule has 4 heteroatoms. The van der Waals surface area contributed by atoms with E-state index in [1.54, 1.807) is 0 Å². The minimum absolute atomic E-state index is 0. The minimum atomic E-state index is 0. The fourth-order valence-corrected chi connectivity index (χ4v) is 3.30. The van der Waals surface area contributed by atoms with E-state index in [1.165, 1.54) is 27.8 Å². The molecule has 112 valence electrons. The lowest BCUT2D eigenvalue weighted by atomic mass is 10.2. The molecule has 0 aliphatic rings. The summed E-state index contributed by atoms with van der Waals surface area (Å²) in [4.78, 5) is 1.39. The molecule has 2 heterocycles. The summed E-state index contributed by atoms with van der Waals surface area (Å²) >= 11 is 1.81. The van der Waals surface area contributed by atoms with Gasteiger partial charge in [0.2, 0.25) is 0 Å². The molecule has 0 aliphatic heterocycles. The van der Waals surface area contributed by atoms with Gasteiger partial charge in [-0.15, -0.1) is 23.7 Å². The Hall–Kier alpha value is -1.29. The number of thiophene rings is 1. The summed E-state index contributed by atoms with van der Waals surface area (Å²) in [6.07, 6.45) is 3.47. The van der Waals surface area contributed by atoms with Crippen molar-refractivity contribution in [3.05, 3.63) is 58.4 Å². The number of para-hydroxylation sites is 1. The van der Waals surface area contributed by atoms with E-state index in [0.717, 1.165) is 19.6 Å². The number of nitrogens with one attached hydrogen (secondary N) is 1. The SMILES string of the molecule is CCCn1cc(CNCc2cccs2)c2ccccc21.Cl. The topological polar surface area (TPSA) is 17.0 Å². The Labute approximate surface area is 136 Å². The number of hydrogen-bond acceptors (Lipinski definition) is 2. The van der Waals surface area contributed by atoms with Gasteiger partial charge >= 0.3 is 0 Å². The zero-order valence-corrected chi connectivity index (χ0v) is 13.8. The van der Waals surface area contributed by atoms with E-state index in [1.807, 2.05) is 11.3 Å². The van der Waals surface area contributed by atoms with Gasteiger partial charge in [-0.05, 0) is 29.5 Å². The third kappa shape index (κ3) is 3.67. The maximum absolute atomic E-state index is 3.55. The largest absolute Gasteiger partial charge is 0.347 e. The maximum atomic E-state index is 3.55. The van der Waals surface area contributed by atoms with Crippen molar-refractivity contribution in [1.29, 1.82) is 0 Å². The van der Waals surface area contributed by atoms with Crippen molar-refractivity contribution in [3.63, 3.8) is 0 Å². The van der Waals surface area contributed by atoms with Crippen molar-refractivity contribution in [2.45, 2.75) is 33.0 Å². The van der Waals surface area contributed by atoms with Gasteiger partial charge in [0.05, 0.1) is 0 Å². The first kappa shape index (κ1) is 16.1. The first-order chi connectivity index (χ1) is 9.88. The van der Waals surface area contributed by atoms with E-state index >= 15 is 0 Å². The Balaban J connectivity index is 0.00000161. The van der Waals surface area contributed by atoms with E-state index in [9.17, 15) is 0 Å². The normalized spacial score (nSPS) is 10.7. The standard InChI is InChI=1S/C17H20N2S.ClH/c1-2-9-19-13-14(16-7-3-4-8-17(16)19)11-18-12-15-6-5-10-20-15;/h3-8,10,13,18H,2,9,11-12H2,1H3;1H. The molecule has 3 aromatic rings. The maximum Gasteiger partial charge on any atom is 0.0483 e. The first-order valence-electron chi connectivity index (χ1n) is 7.18. The molecule has 1 N–H and O–H groups in total. The van der Waals surface area contributed by atoms with E-state index < -0.39 is 0 Å². The second kappa shape index (κ2) is 7.64. The highest BCUT2D eigenvalue weighted by atomic mass is 35.5. The fraction of sp³-hybridized carbons (Fsp3) is 0.294. The summed E-state index contributed by atoms with van der Waals surface area (Å²) in [5, 5.41) is 7.05. The van der Waals surface area contributed by atoms with Crippen LogP contribution in [0.5, 0.6) is 0 Å². The lowest BCUT2D eigenvalue weighted by molar-refractivity contribution is 0.681. The summed E-state index contributed by atoms with van der Waals surface area (Å²) in [7, 11) is 0. The molecule has 1 aromatic carbocycles. The second-order valence-corrected chi connectivity index (χ2v) is 6.08. The molecule has 0 fully saturated rings. The Morgan fingerprint density at radius 3 is 2.71 bits per heavy atom. The van der Waals surface area contributed by atoms with Crippen LogP contribution in [-0.4, -0.2) is 4.57 Å². The number of rotatable bonds is 6. The molecule has 2 aromatic heterocycles. The Bertz CT molecular complexity index is 673. The minimum Gasteiger partial charge on any atom is -0.347 e. The summed E-state index contributed by atoms with van der Waals surface area (Å²) < 4.78 is 2.37. The van der Waals surface area contributed by atoms with Crippen LogP contribution in [0, 0.1) is 0 Å². The van der Waals surface area contributed by atoms with Crippen molar-refractivity contribution < 1.29 is 0 Å². The number of halogens is 1. The number of benzene rings is 1. The van der Waals surface area contributed by atoms with E-state index in [4.69, 9.17) is 0 Å². The number of hydrogen-bond donors (Lipinski definition) is 1. The summed E-state index contributed by atoms with van der Waals surface area (Å²) in [6, 6.07) is 13.0. The third-order valence-corrected chi connectivity index (χ3v) is 4.41. The van der Waals surface area contributed by atoms with Crippen LogP contribution in [0.25, 0.3) is 10.9 Å². The van der Waals surface area contributed by atoms with E-state index in [0.29, 0.717) is 0 Å². The van der Waals surface area contributed by atoms with Gasteiger partial charge in [0, 0.05) is 41.6 Å². The highest BCUT2D eigenvalue weighted by Gasteiger charge is 2.07. The predicted molar refractivity (Wildman–Crippen MR) is 94.3 cm³/mol. The zero-order valence-electron chi connectivity index (χ0n) is 12.2. The van der Waals surface area contributed by atoms with Gasteiger partial charge in [0.15, 0.2) is 0 Å². The van der Waals surface area contributed by atoms with Crippen LogP contribution < -0.4 is 5.32 Å². The summed E-state index contributed by atoms with van der Waals surface area (Å²) in [5.41, 5.74) is 2.74. The average molecular weight is 321 g/mol. The van der Waals surface area contributed by atoms with Gasteiger partial charge < -0.3 is 9.88 Å². The quantitative estimate of drug-likeness (QED) is 0.688. The summed E-state index contributed by atoms with van der Waals surface area (Å²) in [5.74, 6) is 0. The monoisotopic (exact) mass is 320 g/mol.